The van der Waals surface area contributed by atoms with Crippen LogP contribution in [0.1, 0.15) is 44.3 Å². The van der Waals surface area contributed by atoms with Crippen molar-refractivity contribution in [1.29, 1.82) is 0 Å². The highest BCUT2D eigenvalue weighted by Crippen LogP contribution is 2.44. The number of ether oxygens (including phenoxy) is 1. The third kappa shape index (κ3) is 2.30. The van der Waals surface area contributed by atoms with E-state index in [0.29, 0.717) is 22.1 Å². The van der Waals surface area contributed by atoms with Crippen molar-refractivity contribution in [2.45, 2.75) is 27.4 Å². The SMILES string of the molecule is CC(=O)c1ccc(-c2c3c(c(O)c4cc(C)c(C)cc24)COC3=O)cc1. The van der Waals surface area contributed by atoms with Gasteiger partial charge in [-0.15, -0.1) is 0 Å². The Kier molecular flexibility index (Phi) is 3.58. The van der Waals surface area contributed by atoms with Gasteiger partial charge < -0.3 is 9.84 Å². The van der Waals surface area contributed by atoms with E-state index in [1.54, 1.807) is 12.1 Å². The average molecular weight is 346 g/mol. The Balaban J connectivity index is 2.11. The molecule has 130 valence electrons. The number of ketones is 1. The van der Waals surface area contributed by atoms with E-state index in [0.717, 1.165) is 27.6 Å². The number of hydrogen-bond donors (Lipinski definition) is 1. The summed E-state index contributed by atoms with van der Waals surface area (Å²) in [5.74, 6) is -0.336. The highest BCUT2D eigenvalue weighted by Gasteiger charge is 2.31. The molecule has 0 atom stereocenters. The molecule has 0 spiro atoms. The molecular weight excluding hydrogens is 328 g/mol. The van der Waals surface area contributed by atoms with Gasteiger partial charge in [-0.2, -0.15) is 0 Å². The second kappa shape index (κ2) is 5.70. The van der Waals surface area contributed by atoms with Crippen LogP contribution in [0.25, 0.3) is 21.9 Å². The van der Waals surface area contributed by atoms with Crippen LogP contribution in [0.2, 0.25) is 0 Å². The molecule has 0 saturated carbocycles. The first-order valence-electron chi connectivity index (χ1n) is 8.45. The van der Waals surface area contributed by atoms with Crippen molar-refractivity contribution in [3.05, 3.63) is 64.2 Å². The molecule has 4 rings (SSSR count). The van der Waals surface area contributed by atoms with Crippen molar-refractivity contribution < 1.29 is 19.4 Å². The summed E-state index contributed by atoms with van der Waals surface area (Å²) in [6.07, 6.45) is 0. The van der Waals surface area contributed by atoms with Gasteiger partial charge in [0.25, 0.3) is 0 Å². The molecule has 1 N–H and O–H groups in total. The van der Waals surface area contributed by atoms with E-state index in [4.69, 9.17) is 4.74 Å². The molecule has 1 aliphatic heterocycles. The van der Waals surface area contributed by atoms with Crippen LogP contribution < -0.4 is 0 Å². The van der Waals surface area contributed by atoms with Crippen LogP contribution in [0.5, 0.6) is 5.75 Å². The summed E-state index contributed by atoms with van der Waals surface area (Å²) in [6.45, 7) is 5.58. The molecule has 4 nitrogen and oxygen atoms in total. The van der Waals surface area contributed by atoms with Crippen LogP contribution in [0, 0.1) is 13.8 Å². The number of Topliss-reactive ketones (excluding diaryl/α,β-unsaturated/α-hetero) is 1. The lowest BCUT2D eigenvalue weighted by Crippen LogP contribution is -2.00. The Bertz CT molecular complexity index is 1090. The number of phenolic OH excluding ortho intramolecular Hbond substituents is 1. The third-order valence-corrected chi connectivity index (χ3v) is 5.13. The molecule has 3 aromatic rings. The standard InChI is InChI=1S/C22H18O4/c1-11-8-16-17(9-12(11)2)21(24)18-10-26-22(25)20(18)19(16)15-6-4-14(5-7-15)13(3)23/h4-9,24H,10H2,1-3H3. The maximum atomic E-state index is 12.4. The van der Waals surface area contributed by atoms with Crippen LogP contribution in [0.3, 0.4) is 0 Å². The molecule has 1 heterocycles. The quantitative estimate of drug-likeness (QED) is 0.539. The summed E-state index contributed by atoms with van der Waals surface area (Å²) in [5.41, 5.74) is 5.25. The number of aryl methyl sites for hydroxylation is 2. The normalized spacial score (nSPS) is 13.0. The van der Waals surface area contributed by atoms with Gasteiger partial charge in [0.1, 0.15) is 12.4 Å². The van der Waals surface area contributed by atoms with Crippen molar-refractivity contribution in [3.8, 4) is 16.9 Å². The molecule has 0 unspecified atom stereocenters. The maximum Gasteiger partial charge on any atom is 0.339 e. The molecular formula is C22H18O4. The molecule has 1 aliphatic rings. The zero-order valence-corrected chi connectivity index (χ0v) is 14.8. The van der Waals surface area contributed by atoms with E-state index in [1.165, 1.54) is 6.92 Å². The van der Waals surface area contributed by atoms with Crippen LogP contribution in [0.15, 0.2) is 36.4 Å². The smallest absolute Gasteiger partial charge is 0.339 e. The summed E-state index contributed by atoms with van der Waals surface area (Å²) < 4.78 is 5.21. The lowest BCUT2D eigenvalue weighted by Gasteiger charge is -2.15. The summed E-state index contributed by atoms with van der Waals surface area (Å²) in [7, 11) is 0. The van der Waals surface area contributed by atoms with E-state index < -0.39 is 5.97 Å². The van der Waals surface area contributed by atoms with Crippen molar-refractivity contribution in [2.24, 2.45) is 0 Å². The predicted octanol–water partition coefficient (Wildman–Crippen LogP) is 4.70. The van der Waals surface area contributed by atoms with E-state index in [9.17, 15) is 14.7 Å². The fourth-order valence-electron chi connectivity index (χ4n) is 3.53. The maximum absolute atomic E-state index is 12.4. The van der Waals surface area contributed by atoms with Crippen molar-refractivity contribution in [3.63, 3.8) is 0 Å². The predicted molar refractivity (Wildman–Crippen MR) is 99.6 cm³/mol. The van der Waals surface area contributed by atoms with Gasteiger partial charge in [-0.3, -0.25) is 4.79 Å². The summed E-state index contributed by atoms with van der Waals surface area (Å²) >= 11 is 0. The number of carbonyl (C=O) groups excluding carboxylic acids is 2. The molecule has 0 radical (unpaired) electrons. The van der Waals surface area contributed by atoms with Gasteiger partial charge in [-0.05, 0) is 48.9 Å². The van der Waals surface area contributed by atoms with Gasteiger partial charge >= 0.3 is 5.97 Å². The van der Waals surface area contributed by atoms with Crippen molar-refractivity contribution >= 4 is 22.5 Å². The lowest BCUT2D eigenvalue weighted by atomic mass is 9.87. The monoisotopic (exact) mass is 346 g/mol. The Labute approximate surface area is 151 Å². The largest absolute Gasteiger partial charge is 0.507 e. The average Bonchev–Trinajstić information content (AvgIpc) is 2.99. The zero-order valence-electron chi connectivity index (χ0n) is 14.8. The number of esters is 1. The molecule has 26 heavy (non-hydrogen) atoms. The van der Waals surface area contributed by atoms with Crippen molar-refractivity contribution in [2.75, 3.05) is 0 Å². The molecule has 3 aromatic carbocycles. The number of carbonyl (C=O) groups is 2. The number of benzene rings is 3. The van der Waals surface area contributed by atoms with Crippen LogP contribution >= 0.6 is 0 Å². The summed E-state index contributed by atoms with van der Waals surface area (Å²) in [4.78, 5) is 24.0. The molecule has 0 fully saturated rings. The summed E-state index contributed by atoms with van der Waals surface area (Å²) in [6, 6.07) is 11.1. The topological polar surface area (TPSA) is 63.6 Å². The first-order chi connectivity index (χ1) is 12.4. The van der Waals surface area contributed by atoms with Gasteiger partial charge in [0.15, 0.2) is 5.78 Å². The fraction of sp³-hybridized carbons (Fsp3) is 0.182. The third-order valence-electron chi connectivity index (χ3n) is 5.13. The van der Waals surface area contributed by atoms with Gasteiger partial charge in [-0.1, -0.05) is 30.3 Å². The van der Waals surface area contributed by atoms with Gasteiger partial charge in [0.05, 0.1) is 5.56 Å². The first kappa shape index (κ1) is 16.3. The highest BCUT2D eigenvalue weighted by molar-refractivity contribution is 6.13. The molecule has 0 aromatic heterocycles. The lowest BCUT2D eigenvalue weighted by molar-refractivity contribution is 0.0535. The van der Waals surface area contributed by atoms with Crippen LogP contribution in [-0.4, -0.2) is 16.9 Å². The van der Waals surface area contributed by atoms with Crippen LogP contribution in [-0.2, 0) is 11.3 Å². The highest BCUT2D eigenvalue weighted by atomic mass is 16.5. The molecule has 4 heteroatoms. The first-order valence-corrected chi connectivity index (χ1v) is 8.45. The minimum Gasteiger partial charge on any atom is -0.507 e. The van der Waals surface area contributed by atoms with E-state index >= 15 is 0 Å². The second-order valence-corrected chi connectivity index (χ2v) is 6.77. The number of aromatic hydroxyl groups is 1. The van der Waals surface area contributed by atoms with E-state index in [2.05, 4.69) is 0 Å². The minimum atomic E-state index is -0.430. The Hall–Kier alpha value is -3.14. The summed E-state index contributed by atoms with van der Waals surface area (Å²) in [5, 5.41) is 12.2. The number of cyclic esters (lactones) is 1. The number of fused-ring (bicyclic) bond motifs is 2. The molecule has 0 saturated heterocycles. The molecule has 0 bridgehead atoms. The van der Waals surface area contributed by atoms with Gasteiger partial charge in [0, 0.05) is 22.1 Å². The van der Waals surface area contributed by atoms with Gasteiger partial charge in [-0.25, -0.2) is 4.79 Å². The van der Waals surface area contributed by atoms with Crippen molar-refractivity contribution in [1.82, 2.24) is 0 Å². The molecule has 0 aliphatic carbocycles. The second-order valence-electron chi connectivity index (χ2n) is 6.77. The molecule has 0 amide bonds. The van der Waals surface area contributed by atoms with E-state index in [1.807, 2.05) is 38.1 Å². The minimum absolute atomic E-state index is 0.0109. The zero-order chi connectivity index (χ0) is 18.6. The van der Waals surface area contributed by atoms with Gasteiger partial charge in [0.2, 0.25) is 0 Å². The number of rotatable bonds is 2. The Morgan fingerprint density at radius 1 is 1.00 bits per heavy atom. The van der Waals surface area contributed by atoms with Crippen LogP contribution in [0.4, 0.5) is 0 Å². The fourth-order valence-corrected chi connectivity index (χ4v) is 3.53. The Morgan fingerprint density at radius 3 is 2.23 bits per heavy atom. The number of hydrogen-bond acceptors (Lipinski definition) is 4. The Morgan fingerprint density at radius 2 is 1.62 bits per heavy atom. The number of phenols is 1. The van der Waals surface area contributed by atoms with E-state index in [-0.39, 0.29) is 18.1 Å².